The number of benzene rings is 1. The van der Waals surface area contributed by atoms with E-state index in [1.165, 1.54) is 38.1 Å². The molecule has 1 aromatic carbocycles. The first kappa shape index (κ1) is 14.3. The summed E-state index contributed by atoms with van der Waals surface area (Å²) < 4.78 is 13.8. The van der Waals surface area contributed by atoms with Crippen LogP contribution in [0.1, 0.15) is 36.0 Å². The molecule has 1 aromatic rings. The Hall–Kier alpha value is -1.62. The van der Waals surface area contributed by atoms with E-state index in [4.69, 9.17) is 5.73 Å². The van der Waals surface area contributed by atoms with Crippen LogP contribution in [0, 0.1) is 5.82 Å². The predicted octanol–water partition coefficient (Wildman–Crippen LogP) is 2.11. The molecular formula is C16H22FN3O. The Kier molecular flexibility index (Phi) is 4.10. The third-order valence-corrected chi connectivity index (χ3v) is 4.63. The number of carbonyl (C=O) groups excluding carboxylic acids is 1. The minimum Gasteiger partial charge on any atom is -0.399 e. The lowest BCUT2D eigenvalue weighted by molar-refractivity contribution is 0.0640. The average molecular weight is 291 g/mol. The van der Waals surface area contributed by atoms with Gasteiger partial charge in [-0.15, -0.1) is 0 Å². The van der Waals surface area contributed by atoms with Crippen molar-refractivity contribution in [1.82, 2.24) is 9.80 Å². The number of rotatable bonds is 2. The van der Waals surface area contributed by atoms with Gasteiger partial charge in [0.2, 0.25) is 0 Å². The molecule has 0 spiro atoms. The van der Waals surface area contributed by atoms with Gasteiger partial charge in [-0.25, -0.2) is 4.39 Å². The summed E-state index contributed by atoms with van der Waals surface area (Å²) in [7, 11) is 0. The lowest BCUT2D eigenvalue weighted by Gasteiger charge is -2.36. The molecule has 0 aliphatic carbocycles. The molecule has 2 aliphatic rings. The van der Waals surface area contributed by atoms with Crippen molar-refractivity contribution in [1.29, 1.82) is 0 Å². The molecule has 0 aromatic heterocycles. The highest BCUT2D eigenvalue weighted by Gasteiger charge is 2.29. The molecule has 0 unspecified atom stereocenters. The number of piperidine rings is 1. The molecule has 0 bridgehead atoms. The topological polar surface area (TPSA) is 49.6 Å². The quantitative estimate of drug-likeness (QED) is 0.849. The Morgan fingerprint density at radius 2 is 1.81 bits per heavy atom. The van der Waals surface area contributed by atoms with Gasteiger partial charge < -0.3 is 15.5 Å². The fourth-order valence-electron chi connectivity index (χ4n) is 3.42. The fraction of sp³-hybridized carbons (Fsp3) is 0.562. The van der Waals surface area contributed by atoms with Gasteiger partial charge in [0.25, 0.3) is 5.91 Å². The van der Waals surface area contributed by atoms with E-state index < -0.39 is 5.82 Å². The summed E-state index contributed by atoms with van der Waals surface area (Å²) in [5, 5.41) is 0. The van der Waals surface area contributed by atoms with E-state index in [0.29, 0.717) is 24.8 Å². The van der Waals surface area contributed by atoms with Gasteiger partial charge in [0.15, 0.2) is 0 Å². The number of nitrogen functional groups attached to an aromatic ring is 1. The first-order valence-corrected chi connectivity index (χ1v) is 7.73. The van der Waals surface area contributed by atoms with Gasteiger partial charge in [-0.3, -0.25) is 4.79 Å². The molecule has 3 rings (SSSR count). The molecule has 2 N–H and O–H groups in total. The van der Waals surface area contributed by atoms with Crippen LogP contribution in [-0.2, 0) is 0 Å². The number of nitrogens with zero attached hydrogens (tertiary/aromatic N) is 2. The van der Waals surface area contributed by atoms with Crippen LogP contribution < -0.4 is 5.73 Å². The van der Waals surface area contributed by atoms with Crippen LogP contribution in [0.25, 0.3) is 0 Å². The van der Waals surface area contributed by atoms with Crippen LogP contribution in [0.15, 0.2) is 18.2 Å². The average Bonchev–Trinajstić information content (AvgIpc) is 3.01. The van der Waals surface area contributed by atoms with Gasteiger partial charge in [-0.05, 0) is 57.0 Å². The number of nitrogens with two attached hydrogens (primary N) is 1. The first-order chi connectivity index (χ1) is 10.1. The van der Waals surface area contributed by atoms with Gasteiger partial charge in [-0.1, -0.05) is 0 Å². The molecule has 21 heavy (non-hydrogen) atoms. The zero-order valence-electron chi connectivity index (χ0n) is 12.2. The highest BCUT2D eigenvalue weighted by Crippen LogP contribution is 2.23. The third-order valence-electron chi connectivity index (χ3n) is 4.63. The Labute approximate surface area is 124 Å². The molecule has 2 heterocycles. The summed E-state index contributed by atoms with van der Waals surface area (Å²) in [4.78, 5) is 16.7. The maximum Gasteiger partial charge on any atom is 0.256 e. The van der Waals surface area contributed by atoms with Crippen molar-refractivity contribution in [2.75, 3.05) is 31.9 Å². The van der Waals surface area contributed by atoms with Crippen molar-refractivity contribution in [3.63, 3.8) is 0 Å². The molecule has 2 aliphatic heterocycles. The molecule has 2 fully saturated rings. The molecular weight excluding hydrogens is 269 g/mol. The Balaban J connectivity index is 1.62. The monoisotopic (exact) mass is 291 g/mol. The summed E-state index contributed by atoms with van der Waals surface area (Å²) in [6.07, 6.45) is 4.55. The fourth-order valence-corrected chi connectivity index (χ4v) is 3.42. The van der Waals surface area contributed by atoms with Gasteiger partial charge >= 0.3 is 0 Å². The summed E-state index contributed by atoms with van der Waals surface area (Å²) in [6, 6.07) is 4.87. The largest absolute Gasteiger partial charge is 0.399 e. The molecule has 114 valence electrons. The maximum absolute atomic E-state index is 13.8. The Bertz CT molecular complexity index is 520. The van der Waals surface area contributed by atoms with Gasteiger partial charge in [-0.2, -0.15) is 0 Å². The molecule has 0 radical (unpaired) electrons. The van der Waals surface area contributed by atoms with Crippen LogP contribution in [0.5, 0.6) is 0 Å². The van der Waals surface area contributed by atoms with Crippen LogP contribution in [0.4, 0.5) is 10.1 Å². The number of amides is 1. The highest BCUT2D eigenvalue weighted by atomic mass is 19.1. The third kappa shape index (κ3) is 3.02. The van der Waals surface area contributed by atoms with E-state index in [2.05, 4.69) is 4.90 Å². The maximum atomic E-state index is 13.8. The standard InChI is InChI=1S/C16H22FN3O/c17-15-11-12(18)3-4-14(15)16(21)20-9-5-13(6-10-20)19-7-1-2-8-19/h3-4,11,13H,1-2,5-10,18H2. The van der Waals surface area contributed by atoms with Crippen molar-refractivity contribution in [2.45, 2.75) is 31.7 Å². The zero-order chi connectivity index (χ0) is 14.8. The number of halogens is 1. The number of carbonyl (C=O) groups is 1. The van der Waals surface area contributed by atoms with Crippen LogP contribution in [0.2, 0.25) is 0 Å². The number of hydrogen-bond acceptors (Lipinski definition) is 3. The van der Waals surface area contributed by atoms with Gasteiger partial charge in [0.05, 0.1) is 5.56 Å². The zero-order valence-corrected chi connectivity index (χ0v) is 12.2. The lowest BCUT2D eigenvalue weighted by atomic mass is 10.0. The van der Waals surface area contributed by atoms with E-state index in [0.717, 1.165) is 12.8 Å². The molecule has 1 amide bonds. The second kappa shape index (κ2) is 6.02. The second-order valence-electron chi connectivity index (χ2n) is 6.01. The van der Waals surface area contributed by atoms with E-state index in [1.807, 2.05) is 0 Å². The summed E-state index contributed by atoms with van der Waals surface area (Å²) in [5.74, 6) is -0.742. The molecule has 0 atom stereocenters. The smallest absolute Gasteiger partial charge is 0.256 e. The Morgan fingerprint density at radius 3 is 2.43 bits per heavy atom. The predicted molar refractivity (Wildman–Crippen MR) is 80.5 cm³/mol. The number of likely N-dealkylation sites (tertiary alicyclic amines) is 2. The first-order valence-electron chi connectivity index (χ1n) is 7.73. The second-order valence-corrected chi connectivity index (χ2v) is 6.01. The van der Waals surface area contributed by atoms with Crippen LogP contribution >= 0.6 is 0 Å². The van der Waals surface area contributed by atoms with E-state index in [9.17, 15) is 9.18 Å². The normalized spacial score (nSPS) is 20.9. The number of hydrogen-bond donors (Lipinski definition) is 1. The molecule has 5 heteroatoms. The van der Waals surface area contributed by atoms with E-state index >= 15 is 0 Å². The summed E-state index contributed by atoms with van der Waals surface area (Å²) in [5.41, 5.74) is 6.00. The van der Waals surface area contributed by atoms with Crippen molar-refractivity contribution >= 4 is 11.6 Å². The minimum absolute atomic E-state index is 0.129. The minimum atomic E-state index is -0.526. The number of anilines is 1. The lowest BCUT2D eigenvalue weighted by Crippen LogP contribution is -2.46. The van der Waals surface area contributed by atoms with E-state index in [-0.39, 0.29) is 11.5 Å². The van der Waals surface area contributed by atoms with Crippen LogP contribution in [-0.4, -0.2) is 47.9 Å². The summed E-state index contributed by atoms with van der Waals surface area (Å²) >= 11 is 0. The van der Waals surface area contributed by atoms with Crippen molar-refractivity contribution in [3.8, 4) is 0 Å². The molecule has 2 saturated heterocycles. The van der Waals surface area contributed by atoms with Crippen molar-refractivity contribution in [2.24, 2.45) is 0 Å². The SMILES string of the molecule is Nc1ccc(C(=O)N2CCC(N3CCCC3)CC2)c(F)c1. The van der Waals surface area contributed by atoms with Crippen LogP contribution in [0.3, 0.4) is 0 Å². The Morgan fingerprint density at radius 1 is 1.14 bits per heavy atom. The van der Waals surface area contributed by atoms with Crippen molar-refractivity contribution < 1.29 is 9.18 Å². The van der Waals surface area contributed by atoms with E-state index in [1.54, 1.807) is 11.0 Å². The van der Waals surface area contributed by atoms with Gasteiger partial charge in [0.1, 0.15) is 5.82 Å². The molecule has 0 saturated carbocycles. The molecule has 4 nitrogen and oxygen atoms in total. The highest BCUT2D eigenvalue weighted by molar-refractivity contribution is 5.94. The summed E-state index contributed by atoms with van der Waals surface area (Å²) in [6.45, 7) is 3.80. The van der Waals surface area contributed by atoms with Crippen molar-refractivity contribution in [3.05, 3.63) is 29.6 Å². The van der Waals surface area contributed by atoms with Gasteiger partial charge in [0, 0.05) is 24.8 Å².